The fourth-order valence-corrected chi connectivity index (χ4v) is 3.52. The number of hydrogen-bond donors (Lipinski definition) is 1. The molecule has 4 heteroatoms. The molecular weight excluding hydrogens is 216 g/mol. The zero-order valence-electron chi connectivity index (χ0n) is 10.5. The molecule has 0 aromatic rings. The standard InChI is InChI=1S/C13H20N2O2/c1-13(2)9-10(13)12(17)15(11(9)16)7-8-4-3-5-14-6-8/h8-10,14H,3-7H2,1-2H3. The van der Waals surface area contributed by atoms with E-state index in [1.54, 1.807) is 0 Å². The lowest BCUT2D eigenvalue weighted by Crippen LogP contribution is -2.43. The molecule has 3 fully saturated rings. The molecule has 2 aliphatic heterocycles. The van der Waals surface area contributed by atoms with Gasteiger partial charge in [-0.1, -0.05) is 13.8 Å². The minimum atomic E-state index is -0.0739. The number of carbonyl (C=O) groups excluding carboxylic acids is 2. The third-order valence-electron chi connectivity index (χ3n) is 4.73. The van der Waals surface area contributed by atoms with Crippen LogP contribution in [0.15, 0.2) is 0 Å². The van der Waals surface area contributed by atoms with Gasteiger partial charge in [-0.2, -0.15) is 0 Å². The Bertz CT molecular complexity index is 348. The van der Waals surface area contributed by atoms with Gasteiger partial charge in [-0.05, 0) is 37.3 Å². The van der Waals surface area contributed by atoms with Crippen LogP contribution in [0.3, 0.4) is 0 Å². The quantitative estimate of drug-likeness (QED) is 0.715. The minimum absolute atomic E-state index is 0.0217. The van der Waals surface area contributed by atoms with Crippen LogP contribution in [0.4, 0.5) is 0 Å². The smallest absolute Gasteiger partial charge is 0.233 e. The van der Waals surface area contributed by atoms with Crippen molar-refractivity contribution in [2.24, 2.45) is 23.2 Å². The summed E-state index contributed by atoms with van der Waals surface area (Å²) >= 11 is 0. The summed E-state index contributed by atoms with van der Waals surface area (Å²) in [6.07, 6.45) is 2.28. The molecule has 17 heavy (non-hydrogen) atoms. The first kappa shape index (κ1) is 11.2. The van der Waals surface area contributed by atoms with Crippen molar-refractivity contribution in [3.8, 4) is 0 Å². The van der Waals surface area contributed by atoms with Gasteiger partial charge in [0.05, 0.1) is 11.8 Å². The lowest BCUT2D eigenvalue weighted by Gasteiger charge is -2.28. The Labute approximate surface area is 102 Å². The van der Waals surface area contributed by atoms with E-state index in [2.05, 4.69) is 5.32 Å². The predicted molar refractivity (Wildman–Crippen MR) is 63.1 cm³/mol. The van der Waals surface area contributed by atoms with E-state index in [4.69, 9.17) is 0 Å². The average Bonchev–Trinajstić information content (AvgIpc) is 2.78. The summed E-state index contributed by atoms with van der Waals surface area (Å²) in [5, 5.41) is 3.33. The molecule has 1 saturated carbocycles. The van der Waals surface area contributed by atoms with Crippen molar-refractivity contribution in [3.63, 3.8) is 0 Å². The lowest BCUT2D eigenvalue weighted by atomic mass is 9.98. The summed E-state index contributed by atoms with van der Waals surface area (Å²) in [5.41, 5.74) is -0.0739. The van der Waals surface area contributed by atoms with Crippen molar-refractivity contribution in [3.05, 3.63) is 0 Å². The number of nitrogens with one attached hydrogen (secondary N) is 1. The summed E-state index contributed by atoms with van der Waals surface area (Å²) in [6, 6.07) is 0. The van der Waals surface area contributed by atoms with Crippen LogP contribution in [0.5, 0.6) is 0 Å². The number of fused-ring (bicyclic) bond motifs is 1. The normalized spacial score (nSPS) is 39.4. The fraction of sp³-hybridized carbons (Fsp3) is 0.846. The monoisotopic (exact) mass is 236 g/mol. The highest BCUT2D eigenvalue weighted by Gasteiger charge is 2.72. The van der Waals surface area contributed by atoms with E-state index in [0.717, 1.165) is 25.9 Å². The van der Waals surface area contributed by atoms with Gasteiger partial charge in [0.15, 0.2) is 0 Å². The average molecular weight is 236 g/mol. The van der Waals surface area contributed by atoms with Crippen LogP contribution in [0.25, 0.3) is 0 Å². The van der Waals surface area contributed by atoms with E-state index < -0.39 is 0 Å². The topological polar surface area (TPSA) is 49.4 Å². The number of likely N-dealkylation sites (tertiary alicyclic amines) is 1. The summed E-state index contributed by atoms with van der Waals surface area (Å²) in [5.74, 6) is 0.571. The van der Waals surface area contributed by atoms with Crippen molar-refractivity contribution in [1.82, 2.24) is 10.2 Å². The van der Waals surface area contributed by atoms with E-state index in [1.807, 2.05) is 13.8 Å². The molecule has 2 heterocycles. The van der Waals surface area contributed by atoms with Crippen LogP contribution in [0.2, 0.25) is 0 Å². The second kappa shape index (κ2) is 3.55. The Morgan fingerprint density at radius 2 is 1.94 bits per heavy atom. The maximum absolute atomic E-state index is 12.1. The van der Waals surface area contributed by atoms with Gasteiger partial charge in [-0.15, -0.1) is 0 Å². The Kier molecular flexibility index (Phi) is 2.34. The van der Waals surface area contributed by atoms with Crippen molar-refractivity contribution in [2.75, 3.05) is 19.6 Å². The molecule has 1 N–H and O–H groups in total. The highest BCUT2D eigenvalue weighted by atomic mass is 16.2. The zero-order valence-corrected chi connectivity index (χ0v) is 10.5. The number of carbonyl (C=O) groups is 2. The first-order chi connectivity index (χ1) is 8.03. The second-order valence-electron chi connectivity index (χ2n) is 6.28. The van der Waals surface area contributed by atoms with Crippen LogP contribution in [-0.2, 0) is 9.59 Å². The molecule has 4 nitrogen and oxygen atoms in total. The molecule has 0 spiro atoms. The summed E-state index contributed by atoms with van der Waals surface area (Å²) < 4.78 is 0. The molecule has 3 aliphatic rings. The van der Waals surface area contributed by atoms with Crippen LogP contribution < -0.4 is 5.32 Å². The molecule has 0 bridgehead atoms. The van der Waals surface area contributed by atoms with Crippen molar-refractivity contribution in [1.29, 1.82) is 0 Å². The minimum Gasteiger partial charge on any atom is -0.316 e. The van der Waals surface area contributed by atoms with Gasteiger partial charge in [0.25, 0.3) is 0 Å². The molecule has 3 rings (SSSR count). The van der Waals surface area contributed by atoms with E-state index >= 15 is 0 Å². The predicted octanol–water partition coefficient (Wildman–Crippen LogP) is 0.627. The zero-order chi connectivity index (χ0) is 12.2. The first-order valence-electron chi connectivity index (χ1n) is 6.59. The number of nitrogens with zero attached hydrogens (tertiary/aromatic N) is 1. The largest absolute Gasteiger partial charge is 0.316 e. The van der Waals surface area contributed by atoms with E-state index in [1.165, 1.54) is 4.90 Å². The van der Waals surface area contributed by atoms with Crippen molar-refractivity contribution >= 4 is 11.8 Å². The summed E-state index contributed by atoms with van der Waals surface area (Å²) in [6.45, 7) is 6.69. The number of amides is 2. The van der Waals surface area contributed by atoms with Gasteiger partial charge in [-0.3, -0.25) is 14.5 Å². The summed E-state index contributed by atoms with van der Waals surface area (Å²) in [4.78, 5) is 25.8. The van der Waals surface area contributed by atoms with Gasteiger partial charge in [0.1, 0.15) is 0 Å². The van der Waals surface area contributed by atoms with Gasteiger partial charge < -0.3 is 5.32 Å². The van der Waals surface area contributed by atoms with Crippen LogP contribution in [0, 0.1) is 23.2 Å². The number of hydrogen-bond acceptors (Lipinski definition) is 3. The Hall–Kier alpha value is -0.900. The number of piperidine rings is 2. The highest BCUT2D eigenvalue weighted by Crippen LogP contribution is 2.63. The van der Waals surface area contributed by atoms with Crippen molar-refractivity contribution < 1.29 is 9.59 Å². The van der Waals surface area contributed by atoms with Crippen molar-refractivity contribution in [2.45, 2.75) is 26.7 Å². The molecule has 2 saturated heterocycles. The highest BCUT2D eigenvalue weighted by molar-refractivity contribution is 6.10. The third kappa shape index (κ3) is 1.53. The Balaban J connectivity index is 1.66. The molecule has 0 radical (unpaired) electrons. The summed E-state index contributed by atoms with van der Waals surface area (Å²) in [7, 11) is 0. The fourth-order valence-electron chi connectivity index (χ4n) is 3.52. The number of imide groups is 1. The number of rotatable bonds is 2. The molecule has 3 atom stereocenters. The molecular formula is C13H20N2O2. The molecule has 2 amide bonds. The van der Waals surface area contributed by atoms with E-state index in [9.17, 15) is 9.59 Å². The lowest BCUT2D eigenvalue weighted by molar-refractivity contribution is -0.143. The van der Waals surface area contributed by atoms with Gasteiger partial charge in [-0.25, -0.2) is 0 Å². The van der Waals surface area contributed by atoms with E-state index in [0.29, 0.717) is 12.5 Å². The van der Waals surface area contributed by atoms with Gasteiger partial charge in [0, 0.05) is 6.54 Å². The molecule has 1 aliphatic carbocycles. The van der Waals surface area contributed by atoms with Crippen LogP contribution >= 0.6 is 0 Å². The first-order valence-corrected chi connectivity index (χ1v) is 6.59. The van der Waals surface area contributed by atoms with Crippen LogP contribution in [-0.4, -0.2) is 36.3 Å². The molecule has 3 unspecified atom stereocenters. The molecule has 0 aromatic heterocycles. The Morgan fingerprint density at radius 1 is 1.29 bits per heavy atom. The van der Waals surface area contributed by atoms with E-state index in [-0.39, 0.29) is 29.1 Å². The van der Waals surface area contributed by atoms with Crippen LogP contribution in [0.1, 0.15) is 26.7 Å². The maximum atomic E-state index is 12.1. The SMILES string of the molecule is CC1(C)C2C(=O)N(CC3CCCNC3)C(=O)C21. The Morgan fingerprint density at radius 3 is 2.47 bits per heavy atom. The van der Waals surface area contributed by atoms with Gasteiger partial charge >= 0.3 is 0 Å². The third-order valence-corrected chi connectivity index (χ3v) is 4.73. The molecule has 0 aromatic carbocycles. The molecule has 94 valence electrons. The second-order valence-corrected chi connectivity index (χ2v) is 6.28. The maximum Gasteiger partial charge on any atom is 0.233 e. The van der Waals surface area contributed by atoms with Gasteiger partial charge in [0.2, 0.25) is 11.8 Å².